The summed E-state index contributed by atoms with van der Waals surface area (Å²) < 4.78 is 13.1. The molecule has 4 nitrogen and oxygen atoms in total. The van der Waals surface area contributed by atoms with E-state index in [4.69, 9.17) is 12.2 Å². The Labute approximate surface area is 128 Å². The average molecular weight is 302 g/mol. The zero-order valence-corrected chi connectivity index (χ0v) is 12.6. The van der Waals surface area contributed by atoms with Gasteiger partial charge in [0.05, 0.1) is 5.69 Å². The van der Waals surface area contributed by atoms with E-state index in [1.807, 2.05) is 32.3 Å². The Bertz CT molecular complexity index is 638. The van der Waals surface area contributed by atoms with Crippen LogP contribution in [0.15, 0.2) is 53.8 Å². The molecule has 2 rings (SSSR count). The fourth-order valence-electron chi connectivity index (χ4n) is 1.58. The average Bonchev–Trinajstić information content (AvgIpc) is 2.50. The second kappa shape index (κ2) is 6.90. The van der Waals surface area contributed by atoms with Crippen molar-refractivity contribution in [3.8, 4) is 0 Å². The third-order valence-electron chi connectivity index (χ3n) is 2.69. The summed E-state index contributed by atoms with van der Waals surface area (Å²) in [6, 6.07) is 11.6. The van der Waals surface area contributed by atoms with E-state index in [0.29, 0.717) is 16.5 Å². The van der Waals surface area contributed by atoms with Crippen LogP contribution in [0, 0.1) is 5.82 Å². The van der Waals surface area contributed by atoms with Gasteiger partial charge in [-0.2, -0.15) is 5.10 Å². The summed E-state index contributed by atoms with van der Waals surface area (Å²) in [5.74, 6) is -0.295. The molecule has 0 radical (unpaired) electrons. The molecule has 1 heterocycles. The largest absolute Gasteiger partial charge is 0.354 e. The fraction of sp³-hybridized carbons (Fsp3) is 0.133. The number of pyridine rings is 1. The molecule has 21 heavy (non-hydrogen) atoms. The Morgan fingerprint density at radius 2 is 1.90 bits per heavy atom. The monoisotopic (exact) mass is 302 g/mol. The molecule has 0 aliphatic carbocycles. The molecule has 0 spiro atoms. The summed E-state index contributed by atoms with van der Waals surface area (Å²) in [6.45, 7) is 0. The first-order valence-electron chi connectivity index (χ1n) is 6.30. The van der Waals surface area contributed by atoms with Gasteiger partial charge in [-0.1, -0.05) is 6.07 Å². The number of halogens is 1. The third-order valence-corrected chi connectivity index (χ3v) is 3.15. The minimum atomic E-state index is -0.295. The van der Waals surface area contributed by atoms with Crippen molar-refractivity contribution >= 4 is 23.0 Å². The number of thiocarbonyl (C=S) groups is 1. The fourth-order valence-corrected chi connectivity index (χ4v) is 1.63. The highest BCUT2D eigenvalue weighted by Crippen LogP contribution is 2.10. The second-order valence-corrected chi connectivity index (χ2v) is 4.88. The van der Waals surface area contributed by atoms with Gasteiger partial charge in [0.15, 0.2) is 5.11 Å². The highest BCUT2D eigenvalue weighted by molar-refractivity contribution is 7.80. The molecular weight excluding hydrogens is 287 g/mol. The normalized spacial score (nSPS) is 11.1. The Hall–Kier alpha value is -2.34. The van der Waals surface area contributed by atoms with E-state index in [1.54, 1.807) is 23.2 Å². The molecule has 2 aromatic rings. The number of hydrogen-bond donors (Lipinski definition) is 1. The van der Waals surface area contributed by atoms with Gasteiger partial charge in [0.1, 0.15) is 11.5 Å². The quantitative estimate of drug-likeness (QED) is 0.537. The van der Waals surface area contributed by atoms with Gasteiger partial charge in [-0.15, -0.1) is 0 Å². The van der Waals surface area contributed by atoms with Crippen LogP contribution < -0.4 is 5.43 Å². The van der Waals surface area contributed by atoms with E-state index in [2.05, 4.69) is 15.5 Å². The van der Waals surface area contributed by atoms with Crippen molar-refractivity contribution in [3.63, 3.8) is 0 Å². The van der Waals surface area contributed by atoms with Crippen molar-refractivity contribution in [1.29, 1.82) is 0 Å². The van der Waals surface area contributed by atoms with Gasteiger partial charge in [0, 0.05) is 25.9 Å². The maximum Gasteiger partial charge on any atom is 0.189 e. The van der Waals surface area contributed by atoms with Gasteiger partial charge in [-0.25, -0.2) is 4.39 Å². The number of hydrazone groups is 1. The van der Waals surface area contributed by atoms with Gasteiger partial charge < -0.3 is 4.90 Å². The van der Waals surface area contributed by atoms with Crippen LogP contribution in [0.25, 0.3) is 0 Å². The number of nitrogens with zero attached hydrogens (tertiary/aromatic N) is 3. The SMILES string of the molecule is CN(C)C(=S)N/N=C(\c1ccc(F)cc1)c1ccccn1. The molecule has 1 aromatic heterocycles. The van der Waals surface area contributed by atoms with Crippen LogP contribution in [0.2, 0.25) is 0 Å². The molecule has 0 bridgehead atoms. The van der Waals surface area contributed by atoms with Crippen molar-refractivity contribution in [1.82, 2.24) is 15.3 Å². The van der Waals surface area contributed by atoms with Gasteiger partial charge >= 0.3 is 0 Å². The summed E-state index contributed by atoms with van der Waals surface area (Å²) >= 11 is 5.14. The topological polar surface area (TPSA) is 40.5 Å². The molecule has 0 saturated heterocycles. The third kappa shape index (κ3) is 4.06. The van der Waals surface area contributed by atoms with Crippen LogP contribution in [-0.2, 0) is 0 Å². The van der Waals surface area contributed by atoms with E-state index in [1.165, 1.54) is 12.1 Å². The lowest BCUT2D eigenvalue weighted by atomic mass is 10.1. The Morgan fingerprint density at radius 3 is 2.48 bits per heavy atom. The molecule has 0 aliphatic heterocycles. The van der Waals surface area contributed by atoms with Gasteiger partial charge in [0.2, 0.25) is 0 Å². The maximum atomic E-state index is 13.1. The Morgan fingerprint density at radius 1 is 1.19 bits per heavy atom. The van der Waals surface area contributed by atoms with E-state index < -0.39 is 0 Å². The van der Waals surface area contributed by atoms with Gasteiger partial charge in [-0.3, -0.25) is 10.4 Å². The summed E-state index contributed by atoms with van der Waals surface area (Å²) in [4.78, 5) is 6.01. The highest BCUT2D eigenvalue weighted by Gasteiger charge is 2.09. The van der Waals surface area contributed by atoms with Crippen molar-refractivity contribution in [2.24, 2.45) is 5.10 Å². The van der Waals surface area contributed by atoms with E-state index >= 15 is 0 Å². The van der Waals surface area contributed by atoms with Crippen LogP contribution in [0.5, 0.6) is 0 Å². The first-order valence-corrected chi connectivity index (χ1v) is 6.71. The van der Waals surface area contributed by atoms with Crippen LogP contribution in [0.1, 0.15) is 11.3 Å². The van der Waals surface area contributed by atoms with Crippen molar-refractivity contribution < 1.29 is 4.39 Å². The molecule has 1 aromatic carbocycles. The van der Waals surface area contributed by atoms with Gasteiger partial charge in [-0.05, 0) is 48.6 Å². The minimum Gasteiger partial charge on any atom is -0.354 e. The first-order chi connectivity index (χ1) is 10.1. The summed E-state index contributed by atoms with van der Waals surface area (Å²) in [5.41, 5.74) is 4.84. The molecule has 6 heteroatoms. The number of aromatic nitrogens is 1. The predicted octanol–water partition coefficient (Wildman–Crippen LogP) is 2.41. The van der Waals surface area contributed by atoms with Gasteiger partial charge in [0.25, 0.3) is 0 Å². The van der Waals surface area contributed by atoms with E-state index in [9.17, 15) is 4.39 Å². The van der Waals surface area contributed by atoms with E-state index in [0.717, 1.165) is 5.56 Å². The smallest absolute Gasteiger partial charge is 0.189 e. The number of nitrogens with one attached hydrogen (secondary N) is 1. The molecule has 0 unspecified atom stereocenters. The van der Waals surface area contributed by atoms with Crippen LogP contribution in [-0.4, -0.2) is 34.8 Å². The minimum absolute atomic E-state index is 0.295. The van der Waals surface area contributed by atoms with Crippen LogP contribution in [0.3, 0.4) is 0 Å². The molecule has 0 fully saturated rings. The summed E-state index contributed by atoms with van der Waals surface area (Å²) in [6.07, 6.45) is 1.68. The molecule has 108 valence electrons. The standard InChI is InChI=1S/C15H15FN4S/c1-20(2)15(21)19-18-14(13-5-3-4-10-17-13)11-6-8-12(16)9-7-11/h3-10H,1-2H3,(H,19,21)/b18-14+. The Balaban J connectivity index is 2.37. The van der Waals surface area contributed by atoms with Crippen molar-refractivity contribution in [2.75, 3.05) is 14.1 Å². The zero-order valence-electron chi connectivity index (χ0n) is 11.7. The maximum absolute atomic E-state index is 13.1. The zero-order chi connectivity index (χ0) is 15.2. The van der Waals surface area contributed by atoms with Crippen molar-refractivity contribution in [3.05, 3.63) is 65.7 Å². The number of benzene rings is 1. The summed E-state index contributed by atoms with van der Waals surface area (Å²) in [7, 11) is 3.65. The van der Waals surface area contributed by atoms with Crippen LogP contribution >= 0.6 is 12.2 Å². The van der Waals surface area contributed by atoms with Crippen molar-refractivity contribution in [2.45, 2.75) is 0 Å². The predicted molar refractivity (Wildman–Crippen MR) is 85.7 cm³/mol. The van der Waals surface area contributed by atoms with Crippen LogP contribution in [0.4, 0.5) is 4.39 Å². The van der Waals surface area contributed by atoms with E-state index in [-0.39, 0.29) is 5.82 Å². The second-order valence-electron chi connectivity index (χ2n) is 4.49. The number of rotatable bonds is 3. The summed E-state index contributed by atoms with van der Waals surface area (Å²) in [5, 5.41) is 4.79. The highest BCUT2D eigenvalue weighted by atomic mass is 32.1. The molecule has 0 aliphatic rings. The lowest BCUT2D eigenvalue weighted by Crippen LogP contribution is -2.31. The molecule has 0 amide bonds. The lowest BCUT2D eigenvalue weighted by Gasteiger charge is -2.13. The molecular formula is C15H15FN4S. The number of hydrogen-bond acceptors (Lipinski definition) is 3. The molecule has 1 N–H and O–H groups in total. The first kappa shape index (κ1) is 15.1. The Kier molecular flexibility index (Phi) is 4.94. The lowest BCUT2D eigenvalue weighted by molar-refractivity contribution is 0.606. The molecule has 0 saturated carbocycles. The molecule has 0 atom stereocenters.